The summed E-state index contributed by atoms with van der Waals surface area (Å²) in [7, 11) is 0. The largest absolute Gasteiger partial charge is 0.486 e. The molecule has 2 atom stereocenters. The molecule has 1 aromatic carbocycles. The number of amides is 1. The molecule has 1 saturated carbocycles. The molecule has 2 aliphatic heterocycles. The average Bonchev–Trinajstić information content (AvgIpc) is 3.30. The number of halogens is 3. The summed E-state index contributed by atoms with van der Waals surface area (Å²) in [6.07, 6.45) is -2.65. The summed E-state index contributed by atoms with van der Waals surface area (Å²) < 4.78 is 50.0. The number of benzene rings is 1. The van der Waals surface area contributed by atoms with Crippen molar-refractivity contribution in [2.45, 2.75) is 56.8 Å². The lowest BCUT2D eigenvalue weighted by molar-refractivity contribution is -0.184. The number of alkyl halides is 3. The van der Waals surface area contributed by atoms with Crippen LogP contribution in [0.5, 0.6) is 11.5 Å². The summed E-state index contributed by atoms with van der Waals surface area (Å²) in [6.45, 7) is 3.19. The van der Waals surface area contributed by atoms with Crippen molar-refractivity contribution in [2.24, 2.45) is 11.8 Å². The number of rotatable bonds is 6. The van der Waals surface area contributed by atoms with Gasteiger partial charge >= 0.3 is 6.18 Å². The van der Waals surface area contributed by atoms with Crippen molar-refractivity contribution in [1.29, 1.82) is 0 Å². The van der Waals surface area contributed by atoms with E-state index in [-0.39, 0.29) is 31.6 Å². The number of aliphatic hydroxyl groups is 1. The normalized spacial score (nSPS) is 25.9. The second kappa shape index (κ2) is 9.87. The Morgan fingerprint density at radius 2 is 1.75 bits per heavy atom. The SMILES string of the molecule is O=C(N[C@H](CN1CCCC1)[C@H](O)c1ccc2c(c1)OCCO2)C1CCC(C(F)(F)F)CC1. The van der Waals surface area contributed by atoms with Crippen molar-refractivity contribution in [3.63, 3.8) is 0 Å². The maximum atomic E-state index is 13.0. The lowest BCUT2D eigenvalue weighted by Crippen LogP contribution is -2.49. The monoisotopic (exact) mass is 456 g/mol. The standard InChI is InChI=1S/C23H31F3N2O4/c24-23(25,26)17-6-3-15(4-7-17)22(30)27-18(14-28-9-1-2-10-28)21(29)16-5-8-19-20(13-16)32-12-11-31-19/h5,8,13,15,17-18,21,29H,1-4,6-7,9-12,14H2,(H,27,30)/t15?,17?,18-,21-/m1/s1. The molecule has 0 spiro atoms. The summed E-state index contributed by atoms with van der Waals surface area (Å²) in [4.78, 5) is 15.1. The van der Waals surface area contributed by atoms with Gasteiger partial charge in [-0.2, -0.15) is 13.2 Å². The summed E-state index contributed by atoms with van der Waals surface area (Å²) in [5.74, 6) is -0.873. The Bertz CT molecular complexity index is 790. The quantitative estimate of drug-likeness (QED) is 0.686. The number of hydrogen-bond donors (Lipinski definition) is 2. The van der Waals surface area contributed by atoms with E-state index >= 15 is 0 Å². The summed E-state index contributed by atoms with van der Waals surface area (Å²) in [6, 6.07) is 4.68. The number of nitrogens with zero attached hydrogens (tertiary/aromatic N) is 1. The van der Waals surface area contributed by atoms with Gasteiger partial charge in [0.25, 0.3) is 0 Å². The minimum absolute atomic E-state index is 0.0247. The number of carbonyl (C=O) groups excluding carboxylic acids is 1. The number of hydrogen-bond acceptors (Lipinski definition) is 5. The van der Waals surface area contributed by atoms with Crippen molar-refractivity contribution in [1.82, 2.24) is 10.2 Å². The molecular formula is C23H31F3N2O4. The predicted molar refractivity (Wildman–Crippen MR) is 111 cm³/mol. The molecule has 3 aliphatic rings. The van der Waals surface area contributed by atoms with Crippen LogP contribution in [0.4, 0.5) is 13.2 Å². The van der Waals surface area contributed by atoms with E-state index in [1.165, 1.54) is 0 Å². The Morgan fingerprint density at radius 1 is 1.09 bits per heavy atom. The van der Waals surface area contributed by atoms with Gasteiger partial charge in [-0.15, -0.1) is 0 Å². The Hall–Kier alpha value is -2.00. The van der Waals surface area contributed by atoms with E-state index in [0.29, 0.717) is 36.8 Å². The molecule has 1 aliphatic carbocycles. The molecule has 32 heavy (non-hydrogen) atoms. The molecule has 6 nitrogen and oxygen atoms in total. The lowest BCUT2D eigenvalue weighted by Gasteiger charge is -2.33. The molecule has 0 radical (unpaired) electrons. The smallest absolute Gasteiger partial charge is 0.391 e. The van der Waals surface area contributed by atoms with E-state index < -0.39 is 30.2 Å². The minimum Gasteiger partial charge on any atom is -0.486 e. The molecule has 1 saturated heterocycles. The van der Waals surface area contributed by atoms with Gasteiger partial charge in [0.05, 0.1) is 12.0 Å². The molecule has 9 heteroatoms. The molecule has 0 bridgehead atoms. The molecule has 1 amide bonds. The second-order valence-electron chi connectivity index (χ2n) is 9.06. The van der Waals surface area contributed by atoms with E-state index in [1.54, 1.807) is 18.2 Å². The van der Waals surface area contributed by atoms with Crippen LogP contribution in [0.25, 0.3) is 0 Å². The number of likely N-dealkylation sites (tertiary alicyclic amines) is 1. The van der Waals surface area contributed by atoms with E-state index in [2.05, 4.69) is 10.2 Å². The van der Waals surface area contributed by atoms with Crippen LogP contribution in [-0.2, 0) is 4.79 Å². The Kier molecular flexibility index (Phi) is 7.14. The van der Waals surface area contributed by atoms with Crippen molar-refractivity contribution >= 4 is 5.91 Å². The van der Waals surface area contributed by atoms with Crippen LogP contribution >= 0.6 is 0 Å². The maximum Gasteiger partial charge on any atom is 0.391 e. The number of fused-ring (bicyclic) bond motifs is 1. The minimum atomic E-state index is -4.20. The fourth-order valence-electron chi connectivity index (χ4n) is 4.93. The highest BCUT2D eigenvalue weighted by molar-refractivity contribution is 5.79. The second-order valence-corrected chi connectivity index (χ2v) is 9.06. The van der Waals surface area contributed by atoms with Gasteiger partial charge in [-0.3, -0.25) is 4.79 Å². The molecule has 0 aromatic heterocycles. The number of nitrogens with one attached hydrogen (secondary N) is 1. The molecule has 1 aromatic rings. The van der Waals surface area contributed by atoms with Crippen LogP contribution in [0.15, 0.2) is 18.2 Å². The van der Waals surface area contributed by atoms with Crippen LogP contribution in [0.3, 0.4) is 0 Å². The first kappa shape index (κ1) is 23.2. The van der Waals surface area contributed by atoms with Crippen molar-refractivity contribution < 1.29 is 32.5 Å². The zero-order chi connectivity index (χ0) is 22.7. The average molecular weight is 457 g/mol. The zero-order valence-electron chi connectivity index (χ0n) is 18.1. The van der Waals surface area contributed by atoms with Crippen LogP contribution in [0.1, 0.15) is 50.2 Å². The zero-order valence-corrected chi connectivity index (χ0v) is 18.1. The highest BCUT2D eigenvalue weighted by Crippen LogP contribution is 2.40. The van der Waals surface area contributed by atoms with Gasteiger partial charge < -0.3 is 24.8 Å². The molecule has 2 fully saturated rings. The Balaban J connectivity index is 1.44. The first-order chi connectivity index (χ1) is 15.3. The highest BCUT2D eigenvalue weighted by atomic mass is 19.4. The van der Waals surface area contributed by atoms with Crippen LogP contribution < -0.4 is 14.8 Å². The third-order valence-electron chi connectivity index (χ3n) is 6.83. The van der Waals surface area contributed by atoms with E-state index in [1.807, 2.05) is 0 Å². The summed E-state index contributed by atoms with van der Waals surface area (Å²) in [5.41, 5.74) is 0.611. The van der Waals surface area contributed by atoms with Gasteiger partial charge in [-0.25, -0.2) is 0 Å². The first-order valence-corrected chi connectivity index (χ1v) is 11.5. The Morgan fingerprint density at radius 3 is 2.41 bits per heavy atom. The first-order valence-electron chi connectivity index (χ1n) is 11.5. The third kappa shape index (κ3) is 5.49. The molecule has 178 valence electrons. The van der Waals surface area contributed by atoms with E-state index in [0.717, 1.165) is 25.9 Å². The number of aliphatic hydroxyl groups excluding tert-OH is 1. The molecule has 0 unspecified atom stereocenters. The van der Waals surface area contributed by atoms with Gasteiger partial charge in [-0.05, 0) is 69.3 Å². The number of carbonyl (C=O) groups is 1. The van der Waals surface area contributed by atoms with Crippen LogP contribution in [-0.4, -0.2) is 61.0 Å². The Labute approximate surface area is 186 Å². The highest BCUT2D eigenvalue weighted by Gasteiger charge is 2.43. The van der Waals surface area contributed by atoms with Crippen LogP contribution in [0, 0.1) is 11.8 Å². The fraction of sp³-hybridized carbons (Fsp3) is 0.696. The summed E-state index contributed by atoms with van der Waals surface area (Å²) in [5, 5.41) is 14.1. The molecular weight excluding hydrogens is 425 g/mol. The van der Waals surface area contributed by atoms with Crippen molar-refractivity contribution in [3.8, 4) is 11.5 Å². The van der Waals surface area contributed by atoms with Gasteiger partial charge in [-0.1, -0.05) is 6.07 Å². The maximum absolute atomic E-state index is 13.0. The predicted octanol–water partition coefficient (Wildman–Crippen LogP) is 3.44. The van der Waals surface area contributed by atoms with Gasteiger partial charge in [0.15, 0.2) is 11.5 Å². The molecule has 2 heterocycles. The topological polar surface area (TPSA) is 71.0 Å². The molecule has 2 N–H and O–H groups in total. The molecule has 4 rings (SSSR count). The fourth-order valence-corrected chi connectivity index (χ4v) is 4.93. The van der Waals surface area contributed by atoms with Crippen molar-refractivity contribution in [3.05, 3.63) is 23.8 Å². The van der Waals surface area contributed by atoms with Crippen LogP contribution in [0.2, 0.25) is 0 Å². The van der Waals surface area contributed by atoms with Gasteiger partial charge in [0.2, 0.25) is 5.91 Å². The number of ether oxygens (including phenoxy) is 2. The van der Waals surface area contributed by atoms with Crippen molar-refractivity contribution in [2.75, 3.05) is 32.8 Å². The summed E-state index contributed by atoms with van der Waals surface area (Å²) >= 11 is 0. The van der Waals surface area contributed by atoms with E-state index in [4.69, 9.17) is 9.47 Å². The third-order valence-corrected chi connectivity index (χ3v) is 6.83. The van der Waals surface area contributed by atoms with Gasteiger partial charge in [0, 0.05) is 12.5 Å². The van der Waals surface area contributed by atoms with Gasteiger partial charge in [0.1, 0.15) is 19.3 Å². The van der Waals surface area contributed by atoms with E-state index in [9.17, 15) is 23.1 Å². The lowest BCUT2D eigenvalue weighted by atomic mass is 9.81.